The molecule has 1 fully saturated rings. The summed E-state index contributed by atoms with van der Waals surface area (Å²) in [6.45, 7) is 3.85. The number of ketones is 2. The molecule has 0 spiro atoms. The number of aromatic nitrogens is 3. The lowest BCUT2D eigenvalue weighted by molar-refractivity contribution is -0.130. The molecule has 0 atom stereocenters. The molecule has 0 radical (unpaired) electrons. The minimum Gasteiger partial charge on any atom is -0.339 e. The Bertz CT molecular complexity index is 1290. The predicted octanol–water partition coefficient (Wildman–Crippen LogP) is 1.41. The number of piperazine rings is 1. The molecule has 9 nitrogen and oxygen atoms in total. The third-order valence-corrected chi connectivity index (χ3v) is 6.13. The van der Waals surface area contributed by atoms with E-state index in [0.29, 0.717) is 42.9 Å². The summed E-state index contributed by atoms with van der Waals surface area (Å²) in [6, 6.07) is 13.8. The van der Waals surface area contributed by atoms with Gasteiger partial charge in [0.05, 0.1) is 6.54 Å². The van der Waals surface area contributed by atoms with Crippen LogP contribution >= 0.6 is 0 Å². The van der Waals surface area contributed by atoms with E-state index < -0.39 is 0 Å². The molecule has 2 heterocycles. The van der Waals surface area contributed by atoms with Gasteiger partial charge in [0, 0.05) is 49.8 Å². The van der Waals surface area contributed by atoms with E-state index in [9.17, 15) is 19.2 Å². The van der Waals surface area contributed by atoms with Gasteiger partial charge in [-0.3, -0.25) is 19.2 Å². The van der Waals surface area contributed by atoms with Crippen molar-refractivity contribution in [1.29, 1.82) is 0 Å². The minimum absolute atomic E-state index is 0.0189. The van der Waals surface area contributed by atoms with E-state index in [1.165, 1.54) is 11.6 Å². The van der Waals surface area contributed by atoms with Crippen LogP contribution in [0.5, 0.6) is 0 Å². The number of carbonyl (C=O) groups is 4. The van der Waals surface area contributed by atoms with Crippen molar-refractivity contribution in [2.45, 2.75) is 13.5 Å². The van der Waals surface area contributed by atoms with Gasteiger partial charge in [0.2, 0.25) is 17.5 Å². The summed E-state index contributed by atoms with van der Waals surface area (Å²) in [5.74, 6) is -0.648. The summed E-state index contributed by atoms with van der Waals surface area (Å²) >= 11 is 0. The third-order valence-electron chi connectivity index (χ3n) is 6.13. The quantitative estimate of drug-likeness (QED) is 0.474. The Labute approximate surface area is 189 Å². The highest BCUT2D eigenvalue weighted by Crippen LogP contribution is 2.26. The Morgan fingerprint density at radius 1 is 0.848 bits per heavy atom. The van der Waals surface area contributed by atoms with Gasteiger partial charge < -0.3 is 9.80 Å². The van der Waals surface area contributed by atoms with Gasteiger partial charge in [-0.05, 0) is 17.7 Å². The first kappa shape index (κ1) is 20.7. The van der Waals surface area contributed by atoms with Crippen molar-refractivity contribution in [1.82, 2.24) is 24.8 Å². The lowest BCUT2D eigenvalue weighted by Crippen LogP contribution is -2.50. The molecule has 2 aliphatic rings. The molecule has 0 N–H and O–H groups in total. The van der Waals surface area contributed by atoms with Crippen LogP contribution < -0.4 is 0 Å². The van der Waals surface area contributed by atoms with Crippen LogP contribution in [-0.2, 0) is 11.3 Å². The normalized spacial score (nSPS) is 15.3. The summed E-state index contributed by atoms with van der Waals surface area (Å²) in [5, 5.41) is 8.01. The van der Waals surface area contributed by atoms with Crippen LogP contribution in [0, 0.1) is 0 Å². The zero-order valence-corrected chi connectivity index (χ0v) is 18.0. The molecule has 5 rings (SSSR count). The van der Waals surface area contributed by atoms with Gasteiger partial charge in [0.1, 0.15) is 5.69 Å². The van der Waals surface area contributed by atoms with Gasteiger partial charge in [-0.25, -0.2) is 4.68 Å². The second-order valence-electron chi connectivity index (χ2n) is 8.14. The first-order chi connectivity index (χ1) is 15.9. The highest BCUT2D eigenvalue weighted by Gasteiger charge is 2.34. The molecular weight excluding hydrogens is 422 g/mol. The number of nitrogens with zero attached hydrogens (tertiary/aromatic N) is 5. The molecule has 0 bridgehead atoms. The molecule has 0 unspecified atom stereocenters. The fourth-order valence-electron chi connectivity index (χ4n) is 4.27. The van der Waals surface area contributed by atoms with Crippen LogP contribution in [0.2, 0.25) is 0 Å². The van der Waals surface area contributed by atoms with Crippen molar-refractivity contribution in [2.75, 3.05) is 26.2 Å². The first-order valence-electron chi connectivity index (χ1n) is 10.7. The maximum absolute atomic E-state index is 13.0. The Hall–Kier alpha value is -4.14. The molecule has 2 aromatic carbocycles. The molecule has 33 heavy (non-hydrogen) atoms. The van der Waals surface area contributed by atoms with E-state index in [1.807, 2.05) is 0 Å². The van der Waals surface area contributed by atoms with Crippen LogP contribution in [-0.4, -0.2) is 74.4 Å². The summed E-state index contributed by atoms with van der Waals surface area (Å²) in [5.41, 5.74) is 2.31. The number of benzene rings is 2. The zero-order chi connectivity index (χ0) is 23.1. The van der Waals surface area contributed by atoms with Crippen LogP contribution in [0.1, 0.15) is 54.9 Å². The Morgan fingerprint density at radius 3 is 2.09 bits per heavy atom. The molecule has 2 amide bonds. The van der Waals surface area contributed by atoms with E-state index in [1.54, 1.807) is 58.3 Å². The maximum Gasteiger partial charge on any atom is 0.253 e. The molecular formula is C24H21N5O4. The highest BCUT2D eigenvalue weighted by molar-refractivity contribution is 6.26. The van der Waals surface area contributed by atoms with E-state index in [0.717, 1.165) is 5.56 Å². The zero-order valence-electron chi connectivity index (χ0n) is 18.0. The molecule has 1 aliphatic carbocycles. The summed E-state index contributed by atoms with van der Waals surface area (Å²) in [6.07, 6.45) is 0. The molecule has 1 aromatic heterocycles. The standard InChI is InChI=1S/C24H21N5O4/c1-15(30)27-10-12-28(13-11-27)24(33)17-8-6-16(7-9-17)14-29-21-20(25-26-29)22(31)18-4-2-3-5-19(18)23(21)32/h2-9H,10-14H2,1H3. The average molecular weight is 443 g/mol. The molecule has 166 valence electrons. The summed E-state index contributed by atoms with van der Waals surface area (Å²) in [7, 11) is 0. The van der Waals surface area contributed by atoms with Gasteiger partial charge >= 0.3 is 0 Å². The fourth-order valence-corrected chi connectivity index (χ4v) is 4.27. The molecule has 0 saturated carbocycles. The van der Waals surface area contributed by atoms with Crippen LogP contribution in [0.25, 0.3) is 0 Å². The second-order valence-corrected chi connectivity index (χ2v) is 8.14. The molecule has 1 aliphatic heterocycles. The number of amides is 2. The van der Waals surface area contributed by atoms with Gasteiger partial charge in [-0.15, -0.1) is 5.10 Å². The lowest BCUT2D eigenvalue weighted by atomic mass is 9.90. The van der Waals surface area contributed by atoms with Crippen molar-refractivity contribution in [2.24, 2.45) is 0 Å². The van der Waals surface area contributed by atoms with E-state index >= 15 is 0 Å². The van der Waals surface area contributed by atoms with Crippen molar-refractivity contribution in [3.63, 3.8) is 0 Å². The topological polar surface area (TPSA) is 105 Å². The smallest absolute Gasteiger partial charge is 0.253 e. The summed E-state index contributed by atoms with van der Waals surface area (Å²) < 4.78 is 1.43. The number of hydrogen-bond acceptors (Lipinski definition) is 6. The Kier molecular flexibility index (Phi) is 5.08. The Balaban J connectivity index is 1.32. The minimum atomic E-state index is -0.308. The van der Waals surface area contributed by atoms with E-state index in [4.69, 9.17) is 0 Å². The van der Waals surface area contributed by atoms with Crippen LogP contribution in [0.3, 0.4) is 0 Å². The van der Waals surface area contributed by atoms with Gasteiger partial charge in [0.25, 0.3) is 5.91 Å². The average Bonchev–Trinajstić information content (AvgIpc) is 3.26. The third kappa shape index (κ3) is 3.61. The van der Waals surface area contributed by atoms with Gasteiger partial charge in [-0.2, -0.15) is 0 Å². The SMILES string of the molecule is CC(=O)N1CCN(C(=O)c2ccc(Cn3nnc4c3C(=O)c3ccccc3C4=O)cc2)CC1. The van der Waals surface area contributed by atoms with Gasteiger partial charge in [-0.1, -0.05) is 41.6 Å². The van der Waals surface area contributed by atoms with Gasteiger partial charge in [0.15, 0.2) is 5.69 Å². The number of carbonyl (C=O) groups excluding carboxylic acids is 4. The predicted molar refractivity (Wildman–Crippen MR) is 117 cm³/mol. The summed E-state index contributed by atoms with van der Waals surface area (Å²) in [4.78, 5) is 53.4. The lowest BCUT2D eigenvalue weighted by Gasteiger charge is -2.34. The van der Waals surface area contributed by atoms with E-state index in [2.05, 4.69) is 10.3 Å². The molecule has 3 aromatic rings. The number of hydrogen-bond donors (Lipinski definition) is 0. The highest BCUT2D eigenvalue weighted by atomic mass is 16.2. The maximum atomic E-state index is 13.0. The van der Waals surface area contributed by atoms with E-state index in [-0.39, 0.29) is 41.3 Å². The Morgan fingerprint density at radius 2 is 1.45 bits per heavy atom. The van der Waals surface area contributed by atoms with Crippen LogP contribution in [0.4, 0.5) is 0 Å². The first-order valence-corrected chi connectivity index (χ1v) is 10.7. The fraction of sp³-hybridized carbons (Fsp3) is 0.250. The monoisotopic (exact) mass is 443 g/mol. The van der Waals surface area contributed by atoms with Crippen molar-refractivity contribution < 1.29 is 19.2 Å². The number of rotatable bonds is 3. The van der Waals surface area contributed by atoms with Crippen molar-refractivity contribution in [3.05, 3.63) is 82.2 Å². The molecule has 9 heteroatoms. The number of fused-ring (bicyclic) bond motifs is 2. The van der Waals surface area contributed by atoms with Crippen molar-refractivity contribution >= 4 is 23.4 Å². The van der Waals surface area contributed by atoms with Crippen molar-refractivity contribution in [3.8, 4) is 0 Å². The van der Waals surface area contributed by atoms with Crippen LogP contribution in [0.15, 0.2) is 48.5 Å². The largest absolute Gasteiger partial charge is 0.339 e. The second kappa shape index (κ2) is 8.09. The molecule has 1 saturated heterocycles.